The monoisotopic (exact) mass is 228 g/mol. The van der Waals surface area contributed by atoms with Gasteiger partial charge in [0.05, 0.1) is 17.6 Å². The molecule has 0 saturated carbocycles. The van der Waals surface area contributed by atoms with Gasteiger partial charge in [0, 0.05) is 7.11 Å². The Morgan fingerprint density at radius 3 is 2.47 bits per heavy atom. The molecule has 0 fully saturated rings. The molecule has 0 radical (unpaired) electrons. The van der Waals surface area contributed by atoms with Crippen LogP contribution in [0, 0.1) is 6.92 Å². The van der Waals surface area contributed by atoms with Gasteiger partial charge in [-0.25, -0.2) is 4.21 Å². The molecule has 1 rings (SSSR count). The Hall–Kier alpha value is -0.710. The van der Waals surface area contributed by atoms with Crippen LogP contribution in [-0.2, 0) is 20.0 Å². The summed E-state index contributed by atoms with van der Waals surface area (Å²) in [5.41, 5.74) is 1.14. The van der Waals surface area contributed by atoms with Crippen molar-refractivity contribution in [1.29, 1.82) is 0 Å². The third-order valence-corrected chi connectivity index (χ3v) is 3.03. The first-order chi connectivity index (χ1) is 7.13. The average molecular weight is 228 g/mol. The molecule has 1 aromatic rings. The molecule has 3 nitrogen and oxygen atoms in total. The van der Waals surface area contributed by atoms with Gasteiger partial charge in [-0.1, -0.05) is 17.7 Å². The summed E-state index contributed by atoms with van der Waals surface area (Å²) < 4.78 is 21.8. The zero-order valence-electron chi connectivity index (χ0n) is 9.23. The standard InChI is InChI=1S/C11H16O3S/c1-9-4-6-11(7-5-9)15(12)14-10(2)8-13-3/h4-7,10H,8H2,1-3H3/t10-,15?/m1/s1. The fraction of sp³-hybridized carbons (Fsp3) is 0.455. The van der Waals surface area contributed by atoms with Gasteiger partial charge >= 0.3 is 0 Å². The lowest BCUT2D eigenvalue weighted by molar-refractivity contribution is 0.101. The minimum Gasteiger partial charge on any atom is -0.382 e. The zero-order chi connectivity index (χ0) is 11.3. The van der Waals surface area contributed by atoms with Crippen LogP contribution in [0.25, 0.3) is 0 Å². The van der Waals surface area contributed by atoms with Crippen molar-refractivity contribution in [1.82, 2.24) is 0 Å². The van der Waals surface area contributed by atoms with Gasteiger partial charge in [-0.15, -0.1) is 0 Å². The van der Waals surface area contributed by atoms with Crippen LogP contribution in [-0.4, -0.2) is 24.0 Å². The molecular formula is C11H16O3S. The summed E-state index contributed by atoms with van der Waals surface area (Å²) in [4.78, 5) is 0.684. The van der Waals surface area contributed by atoms with Gasteiger partial charge in [0.25, 0.3) is 0 Å². The molecule has 1 aromatic carbocycles. The first-order valence-electron chi connectivity index (χ1n) is 4.78. The maximum atomic E-state index is 11.7. The average Bonchev–Trinajstić information content (AvgIpc) is 2.18. The molecule has 0 spiro atoms. The van der Waals surface area contributed by atoms with E-state index in [4.69, 9.17) is 8.92 Å². The molecule has 0 aliphatic rings. The number of rotatable bonds is 5. The van der Waals surface area contributed by atoms with E-state index in [2.05, 4.69) is 0 Å². The van der Waals surface area contributed by atoms with Crippen molar-refractivity contribution < 1.29 is 13.1 Å². The van der Waals surface area contributed by atoms with E-state index in [9.17, 15) is 4.21 Å². The van der Waals surface area contributed by atoms with Crippen molar-refractivity contribution in [3.8, 4) is 0 Å². The molecule has 0 bridgehead atoms. The third-order valence-electron chi connectivity index (χ3n) is 1.87. The Morgan fingerprint density at radius 1 is 1.33 bits per heavy atom. The number of benzene rings is 1. The Morgan fingerprint density at radius 2 is 1.93 bits per heavy atom. The first-order valence-corrected chi connectivity index (χ1v) is 5.85. The molecule has 0 N–H and O–H groups in total. The van der Waals surface area contributed by atoms with Crippen LogP contribution in [0.1, 0.15) is 12.5 Å². The second-order valence-electron chi connectivity index (χ2n) is 3.41. The lowest BCUT2D eigenvalue weighted by atomic mass is 10.2. The van der Waals surface area contributed by atoms with Crippen molar-refractivity contribution in [2.75, 3.05) is 13.7 Å². The Kier molecular flexibility index (Phi) is 4.94. The second-order valence-corrected chi connectivity index (χ2v) is 4.54. The smallest absolute Gasteiger partial charge is 0.189 e. The topological polar surface area (TPSA) is 35.5 Å². The normalized spacial score (nSPS) is 14.9. The summed E-state index contributed by atoms with van der Waals surface area (Å²) in [6.45, 7) is 4.26. The number of methoxy groups -OCH3 is 1. The maximum absolute atomic E-state index is 11.7. The van der Waals surface area contributed by atoms with Crippen molar-refractivity contribution in [2.24, 2.45) is 0 Å². The largest absolute Gasteiger partial charge is 0.382 e. The van der Waals surface area contributed by atoms with E-state index in [1.165, 1.54) is 0 Å². The molecule has 0 aliphatic heterocycles. The van der Waals surface area contributed by atoms with Crippen LogP contribution in [0.5, 0.6) is 0 Å². The van der Waals surface area contributed by atoms with Crippen LogP contribution >= 0.6 is 0 Å². The Labute approximate surface area is 93.1 Å². The van der Waals surface area contributed by atoms with E-state index in [1.807, 2.05) is 38.1 Å². The van der Waals surface area contributed by atoms with Gasteiger partial charge < -0.3 is 4.74 Å². The molecule has 0 aromatic heterocycles. The summed E-state index contributed by atoms with van der Waals surface area (Å²) >= 11 is -1.40. The second kappa shape index (κ2) is 6.00. The summed E-state index contributed by atoms with van der Waals surface area (Å²) in [6.07, 6.45) is -0.169. The van der Waals surface area contributed by atoms with E-state index in [0.717, 1.165) is 5.56 Å². The van der Waals surface area contributed by atoms with E-state index in [1.54, 1.807) is 7.11 Å². The number of ether oxygens (including phenoxy) is 1. The van der Waals surface area contributed by atoms with E-state index < -0.39 is 11.1 Å². The lowest BCUT2D eigenvalue weighted by Gasteiger charge is -2.10. The molecule has 1 unspecified atom stereocenters. The highest BCUT2D eigenvalue weighted by Crippen LogP contribution is 2.11. The highest BCUT2D eigenvalue weighted by molar-refractivity contribution is 7.80. The predicted molar refractivity (Wildman–Crippen MR) is 60.0 cm³/mol. The van der Waals surface area contributed by atoms with Crippen LogP contribution in [0.15, 0.2) is 29.2 Å². The molecule has 0 saturated heterocycles. The first kappa shape index (κ1) is 12.4. The number of hydrogen-bond acceptors (Lipinski definition) is 3. The Bertz CT molecular complexity index is 321. The molecule has 4 heteroatoms. The van der Waals surface area contributed by atoms with E-state index in [0.29, 0.717) is 11.5 Å². The number of aryl methyl sites for hydroxylation is 1. The zero-order valence-corrected chi connectivity index (χ0v) is 10.0. The van der Waals surface area contributed by atoms with Crippen LogP contribution in [0.4, 0.5) is 0 Å². The summed E-state index contributed by atoms with van der Waals surface area (Å²) in [5.74, 6) is 0. The highest BCUT2D eigenvalue weighted by Gasteiger charge is 2.09. The molecular weight excluding hydrogens is 212 g/mol. The predicted octanol–water partition coefficient (Wildman–Crippen LogP) is 2.07. The molecule has 0 amide bonds. The SMILES string of the molecule is COC[C@@H](C)OS(=O)c1ccc(C)cc1. The maximum Gasteiger partial charge on any atom is 0.189 e. The minimum absolute atomic E-state index is 0.169. The van der Waals surface area contributed by atoms with Crippen molar-refractivity contribution >= 4 is 11.1 Å². The van der Waals surface area contributed by atoms with Gasteiger partial charge in [0.15, 0.2) is 11.1 Å². The van der Waals surface area contributed by atoms with Gasteiger partial charge in [-0.2, -0.15) is 0 Å². The van der Waals surface area contributed by atoms with Crippen LogP contribution < -0.4 is 0 Å². The quantitative estimate of drug-likeness (QED) is 0.774. The van der Waals surface area contributed by atoms with E-state index in [-0.39, 0.29) is 6.10 Å². The molecule has 15 heavy (non-hydrogen) atoms. The van der Waals surface area contributed by atoms with Gasteiger partial charge in [-0.05, 0) is 26.0 Å². The fourth-order valence-corrected chi connectivity index (χ4v) is 1.94. The third kappa shape index (κ3) is 4.11. The van der Waals surface area contributed by atoms with E-state index >= 15 is 0 Å². The van der Waals surface area contributed by atoms with Crippen LogP contribution in [0.2, 0.25) is 0 Å². The Balaban J connectivity index is 2.57. The summed E-state index contributed by atoms with van der Waals surface area (Å²) in [5, 5.41) is 0. The minimum atomic E-state index is -1.40. The van der Waals surface area contributed by atoms with Crippen molar-refractivity contribution in [3.63, 3.8) is 0 Å². The number of hydrogen-bond donors (Lipinski definition) is 0. The van der Waals surface area contributed by atoms with Gasteiger partial charge in [0.1, 0.15) is 0 Å². The van der Waals surface area contributed by atoms with Crippen molar-refractivity contribution in [2.45, 2.75) is 24.8 Å². The summed E-state index contributed by atoms with van der Waals surface area (Å²) in [6, 6.07) is 7.45. The van der Waals surface area contributed by atoms with Gasteiger partial charge in [-0.3, -0.25) is 4.18 Å². The molecule has 0 aliphatic carbocycles. The molecule has 0 heterocycles. The fourth-order valence-electron chi connectivity index (χ4n) is 1.12. The highest BCUT2D eigenvalue weighted by atomic mass is 32.2. The van der Waals surface area contributed by atoms with Gasteiger partial charge in [0.2, 0.25) is 0 Å². The summed E-state index contributed by atoms with van der Waals surface area (Å²) in [7, 11) is 1.59. The lowest BCUT2D eigenvalue weighted by Crippen LogP contribution is -2.16. The van der Waals surface area contributed by atoms with Crippen LogP contribution in [0.3, 0.4) is 0 Å². The molecule has 84 valence electrons. The molecule has 2 atom stereocenters. The van der Waals surface area contributed by atoms with Crippen molar-refractivity contribution in [3.05, 3.63) is 29.8 Å².